The minimum atomic E-state index is 0.157. The van der Waals surface area contributed by atoms with Gasteiger partial charge in [0.05, 0.1) is 17.5 Å². The van der Waals surface area contributed by atoms with E-state index in [2.05, 4.69) is 45.4 Å². The number of phenolic OH excluding ortho intramolecular Hbond substituents is 1. The van der Waals surface area contributed by atoms with Crippen LogP contribution in [0.25, 0.3) is 11.3 Å². The van der Waals surface area contributed by atoms with Gasteiger partial charge in [0.25, 0.3) is 0 Å². The molecule has 1 aromatic carbocycles. The molecule has 2 fully saturated rings. The number of ether oxygens (including phenoxy) is 1. The number of aliphatic imine (C=N–C) groups is 1. The van der Waals surface area contributed by atoms with Crippen molar-refractivity contribution in [3.05, 3.63) is 54.8 Å². The third kappa shape index (κ3) is 5.11. The molecule has 0 spiro atoms. The van der Waals surface area contributed by atoms with E-state index in [4.69, 9.17) is 10.5 Å². The van der Waals surface area contributed by atoms with Gasteiger partial charge in [-0.05, 0) is 50.0 Å². The second-order valence-electron chi connectivity index (χ2n) is 9.11. The van der Waals surface area contributed by atoms with E-state index in [1.165, 1.54) is 0 Å². The molecule has 0 radical (unpaired) electrons. The summed E-state index contributed by atoms with van der Waals surface area (Å²) in [7, 11) is 1.77. The van der Waals surface area contributed by atoms with Crippen LogP contribution in [0.15, 0.2) is 59.8 Å². The number of nitrogen functional groups attached to an aromatic ring is 1. The smallest absolute Gasteiger partial charge is 0.210 e. The first-order valence-electron chi connectivity index (χ1n) is 12.4. The fraction of sp³-hybridized carbons (Fsp3) is 0.444. The summed E-state index contributed by atoms with van der Waals surface area (Å²) in [5, 5.41) is 18.7. The average Bonchev–Trinajstić information content (AvgIpc) is 3.13. The van der Waals surface area contributed by atoms with Gasteiger partial charge in [-0.2, -0.15) is 0 Å². The number of allylic oxidation sites excluding steroid dienone is 1. The number of para-hydroxylation sites is 1. The van der Waals surface area contributed by atoms with Gasteiger partial charge in [0.1, 0.15) is 5.75 Å². The van der Waals surface area contributed by atoms with Gasteiger partial charge >= 0.3 is 0 Å². The monoisotopic (exact) mass is 476 g/mol. The summed E-state index contributed by atoms with van der Waals surface area (Å²) >= 11 is 0. The van der Waals surface area contributed by atoms with E-state index in [-0.39, 0.29) is 11.9 Å². The summed E-state index contributed by atoms with van der Waals surface area (Å²) < 4.78 is 6.12. The van der Waals surface area contributed by atoms with Crippen molar-refractivity contribution in [3.8, 4) is 17.0 Å². The van der Waals surface area contributed by atoms with E-state index in [9.17, 15) is 5.11 Å². The van der Waals surface area contributed by atoms with Crippen LogP contribution in [0, 0.1) is 0 Å². The third-order valence-electron chi connectivity index (χ3n) is 7.00. The molecule has 4 rings (SSSR count). The number of benzene rings is 1. The third-order valence-corrected chi connectivity index (χ3v) is 7.00. The number of hydrogen-bond acceptors (Lipinski definition) is 8. The van der Waals surface area contributed by atoms with Crippen molar-refractivity contribution in [3.63, 3.8) is 0 Å². The molecule has 3 heterocycles. The predicted octanol–water partition coefficient (Wildman–Crippen LogP) is 4.39. The number of nitrogens with two attached hydrogens (primary N) is 1. The Morgan fingerprint density at radius 1 is 1.23 bits per heavy atom. The molecular formula is C27H36N6O2. The predicted molar refractivity (Wildman–Crippen MR) is 142 cm³/mol. The zero-order valence-electron chi connectivity index (χ0n) is 20.9. The first-order chi connectivity index (χ1) is 17.0. The van der Waals surface area contributed by atoms with Crippen LogP contribution in [0.4, 0.5) is 11.5 Å². The normalized spacial score (nSPS) is 20.5. The largest absolute Gasteiger partial charge is 0.507 e. The Hall–Kier alpha value is -3.55. The van der Waals surface area contributed by atoms with Crippen LogP contribution < -0.4 is 10.6 Å². The summed E-state index contributed by atoms with van der Waals surface area (Å²) in [5.74, 6) is 1.22. The van der Waals surface area contributed by atoms with Gasteiger partial charge in [-0.15, -0.1) is 10.2 Å². The van der Waals surface area contributed by atoms with Crippen molar-refractivity contribution in [2.75, 3.05) is 30.8 Å². The van der Waals surface area contributed by atoms with E-state index in [1.54, 1.807) is 19.2 Å². The second kappa shape index (κ2) is 10.8. The Morgan fingerprint density at radius 2 is 1.91 bits per heavy atom. The Labute approximate surface area is 207 Å². The molecule has 3 N–H and O–H groups in total. The molecule has 2 saturated heterocycles. The maximum atomic E-state index is 10.3. The lowest BCUT2D eigenvalue weighted by molar-refractivity contribution is 0.180. The number of piperazine rings is 1. The van der Waals surface area contributed by atoms with Gasteiger partial charge in [0, 0.05) is 49.6 Å². The minimum absolute atomic E-state index is 0.157. The van der Waals surface area contributed by atoms with Crippen molar-refractivity contribution in [2.24, 2.45) is 4.99 Å². The molecule has 35 heavy (non-hydrogen) atoms. The van der Waals surface area contributed by atoms with Crippen LogP contribution in [0.3, 0.4) is 0 Å². The van der Waals surface area contributed by atoms with E-state index in [0.717, 1.165) is 50.2 Å². The number of phenols is 1. The lowest BCUT2D eigenvalue weighted by Crippen LogP contribution is -2.53. The van der Waals surface area contributed by atoms with Crippen molar-refractivity contribution < 1.29 is 9.84 Å². The number of anilines is 2. The first kappa shape index (κ1) is 24.6. The van der Waals surface area contributed by atoms with E-state index in [0.29, 0.717) is 35.1 Å². The zero-order chi connectivity index (χ0) is 24.9. The Balaban J connectivity index is 1.57. The standard InChI is InChI=1S/C27H36N6O2/c1-5-18(14-26(29-4)35-21(6-2)7-3)33-19-12-13-20(33)17-32(16-19)24-15-23(30-31-27(24)28)22-10-8-9-11-25(22)34/h5,8-11,14-15,19-21,34H,1,6-7,12-13,16-17H2,2-4H3,(H2,28,31)/b18-14+,29-26?. The van der Waals surface area contributed by atoms with Crippen LogP contribution in [0.2, 0.25) is 0 Å². The highest BCUT2D eigenvalue weighted by atomic mass is 16.5. The number of nitrogens with zero attached hydrogens (tertiary/aromatic N) is 5. The van der Waals surface area contributed by atoms with Gasteiger partial charge in [0.2, 0.25) is 5.90 Å². The second-order valence-corrected chi connectivity index (χ2v) is 9.11. The SMILES string of the molecule is C=C/C(=C\C(=NC)OC(CC)CC)N1C2CCC1CN(c1cc(-c3ccccc3O)nnc1N)C2. The summed E-state index contributed by atoms with van der Waals surface area (Å²) in [6, 6.07) is 9.69. The average molecular weight is 477 g/mol. The number of hydrogen-bond donors (Lipinski definition) is 2. The molecule has 2 aliphatic heterocycles. The molecule has 2 aromatic rings. The molecule has 2 bridgehead atoms. The highest BCUT2D eigenvalue weighted by Crippen LogP contribution is 2.38. The number of aromatic hydroxyl groups is 1. The van der Waals surface area contributed by atoms with Crippen LogP contribution in [-0.2, 0) is 4.74 Å². The number of fused-ring (bicyclic) bond motifs is 2. The number of rotatable bonds is 8. The van der Waals surface area contributed by atoms with Gasteiger partial charge < -0.3 is 25.4 Å². The Kier molecular flexibility index (Phi) is 7.58. The van der Waals surface area contributed by atoms with E-state index >= 15 is 0 Å². The summed E-state index contributed by atoms with van der Waals surface area (Å²) in [4.78, 5) is 9.13. The summed E-state index contributed by atoms with van der Waals surface area (Å²) in [6.45, 7) is 9.96. The zero-order valence-corrected chi connectivity index (χ0v) is 20.9. The van der Waals surface area contributed by atoms with Crippen molar-refractivity contribution in [1.29, 1.82) is 0 Å². The molecule has 0 amide bonds. The highest BCUT2D eigenvalue weighted by Gasteiger charge is 2.41. The van der Waals surface area contributed by atoms with Gasteiger partial charge in [-0.25, -0.2) is 0 Å². The summed E-state index contributed by atoms with van der Waals surface area (Å²) in [5.41, 5.74) is 9.42. The molecule has 0 saturated carbocycles. The number of aromatic nitrogens is 2. The molecule has 8 heteroatoms. The van der Waals surface area contributed by atoms with Crippen LogP contribution in [-0.4, -0.2) is 64.4 Å². The van der Waals surface area contributed by atoms with E-state index in [1.807, 2.05) is 30.4 Å². The first-order valence-corrected chi connectivity index (χ1v) is 12.4. The topological polar surface area (TPSA) is 100 Å². The molecular weight excluding hydrogens is 440 g/mol. The fourth-order valence-corrected chi connectivity index (χ4v) is 5.13. The fourth-order valence-electron chi connectivity index (χ4n) is 5.13. The Bertz CT molecular complexity index is 1100. The maximum absolute atomic E-state index is 10.3. The lowest BCUT2D eigenvalue weighted by atomic mass is 10.1. The van der Waals surface area contributed by atoms with Gasteiger partial charge in [-0.3, -0.25) is 4.99 Å². The molecule has 2 aliphatic rings. The Morgan fingerprint density at radius 3 is 2.51 bits per heavy atom. The van der Waals surface area contributed by atoms with Crippen molar-refractivity contribution in [2.45, 2.75) is 57.7 Å². The molecule has 8 nitrogen and oxygen atoms in total. The van der Waals surface area contributed by atoms with E-state index < -0.39 is 0 Å². The van der Waals surface area contributed by atoms with Crippen molar-refractivity contribution in [1.82, 2.24) is 15.1 Å². The molecule has 186 valence electrons. The lowest BCUT2D eigenvalue weighted by Gasteiger charge is -2.44. The van der Waals surface area contributed by atoms with Crippen LogP contribution in [0.1, 0.15) is 39.5 Å². The maximum Gasteiger partial charge on any atom is 0.210 e. The quantitative estimate of drug-likeness (QED) is 0.331. The summed E-state index contributed by atoms with van der Waals surface area (Å²) in [6.07, 6.45) is 8.14. The van der Waals surface area contributed by atoms with Gasteiger partial charge in [-0.1, -0.05) is 32.6 Å². The van der Waals surface area contributed by atoms with Crippen LogP contribution >= 0.6 is 0 Å². The minimum Gasteiger partial charge on any atom is -0.507 e. The molecule has 1 aromatic heterocycles. The molecule has 2 unspecified atom stereocenters. The molecule has 0 aliphatic carbocycles. The molecule has 2 atom stereocenters. The van der Waals surface area contributed by atoms with Gasteiger partial charge in [0.15, 0.2) is 5.82 Å². The van der Waals surface area contributed by atoms with Crippen molar-refractivity contribution >= 4 is 17.4 Å². The highest BCUT2D eigenvalue weighted by molar-refractivity contribution is 5.88. The van der Waals surface area contributed by atoms with Crippen LogP contribution in [0.5, 0.6) is 5.75 Å².